The zero-order chi connectivity index (χ0) is 12.5. The van der Waals surface area contributed by atoms with E-state index < -0.39 is 0 Å². The molecule has 0 spiro atoms. The normalized spacial score (nSPS) is 17.9. The number of aliphatic imine (C=N–C) groups is 1. The number of hydrogen-bond acceptors (Lipinski definition) is 1. The first-order chi connectivity index (χ1) is 8.26. The summed E-state index contributed by atoms with van der Waals surface area (Å²) < 4.78 is 0. The molecule has 0 aliphatic heterocycles. The highest BCUT2D eigenvalue weighted by atomic mass is 15.2. The molecule has 0 saturated heterocycles. The first-order valence-corrected chi connectivity index (χ1v) is 7.31. The van der Waals surface area contributed by atoms with Crippen molar-refractivity contribution in [2.75, 3.05) is 13.1 Å². The van der Waals surface area contributed by atoms with Crippen LogP contribution < -0.4 is 10.6 Å². The summed E-state index contributed by atoms with van der Waals surface area (Å²) in [7, 11) is 0. The molecule has 100 valence electrons. The number of unbranched alkanes of at least 4 members (excludes halogenated alkanes) is 2. The Labute approximate surface area is 106 Å². The molecule has 0 aromatic heterocycles. The number of rotatable bonds is 8. The number of hydrogen-bond donors (Lipinski definition) is 2. The second-order valence-corrected chi connectivity index (χ2v) is 5.20. The van der Waals surface area contributed by atoms with Crippen molar-refractivity contribution in [3.8, 4) is 0 Å². The zero-order valence-corrected chi connectivity index (χ0v) is 11.8. The van der Waals surface area contributed by atoms with Crippen LogP contribution in [0.2, 0.25) is 0 Å². The highest BCUT2D eigenvalue weighted by Crippen LogP contribution is 2.28. The van der Waals surface area contributed by atoms with Gasteiger partial charge in [0.05, 0.1) is 0 Å². The lowest BCUT2D eigenvalue weighted by atomic mass is 10.1. The third kappa shape index (κ3) is 7.24. The standard InChI is InChI=1S/C14H29N3/c1-4-6-7-8-12(3)17-14(15-5-2)16-11-13-9-10-13/h12-13H,4-11H2,1-3H3,(H2,15,16,17). The molecule has 1 aliphatic carbocycles. The predicted octanol–water partition coefficient (Wildman–Crippen LogP) is 2.92. The average molecular weight is 239 g/mol. The molecule has 3 heteroatoms. The van der Waals surface area contributed by atoms with Gasteiger partial charge in [-0.25, -0.2) is 0 Å². The number of guanidine groups is 1. The van der Waals surface area contributed by atoms with Gasteiger partial charge in [0.15, 0.2) is 5.96 Å². The lowest BCUT2D eigenvalue weighted by Crippen LogP contribution is -2.42. The Bertz CT molecular complexity index is 222. The molecule has 1 unspecified atom stereocenters. The van der Waals surface area contributed by atoms with E-state index in [2.05, 4.69) is 36.4 Å². The van der Waals surface area contributed by atoms with Crippen molar-refractivity contribution in [3.05, 3.63) is 0 Å². The first-order valence-electron chi connectivity index (χ1n) is 7.31. The predicted molar refractivity (Wildman–Crippen MR) is 75.4 cm³/mol. The fourth-order valence-electron chi connectivity index (χ4n) is 1.85. The fraction of sp³-hybridized carbons (Fsp3) is 0.929. The molecule has 17 heavy (non-hydrogen) atoms. The molecule has 1 saturated carbocycles. The van der Waals surface area contributed by atoms with E-state index in [1.165, 1.54) is 38.5 Å². The summed E-state index contributed by atoms with van der Waals surface area (Å²) in [6, 6.07) is 0.526. The highest BCUT2D eigenvalue weighted by Gasteiger charge is 2.20. The van der Waals surface area contributed by atoms with E-state index in [4.69, 9.17) is 0 Å². The van der Waals surface area contributed by atoms with E-state index in [0.717, 1.165) is 25.0 Å². The van der Waals surface area contributed by atoms with Crippen molar-refractivity contribution in [1.82, 2.24) is 10.6 Å². The van der Waals surface area contributed by atoms with Crippen molar-refractivity contribution in [2.24, 2.45) is 10.9 Å². The molecule has 0 bridgehead atoms. The molecule has 1 atom stereocenters. The van der Waals surface area contributed by atoms with Gasteiger partial charge in [-0.2, -0.15) is 0 Å². The van der Waals surface area contributed by atoms with E-state index in [0.29, 0.717) is 6.04 Å². The summed E-state index contributed by atoms with van der Waals surface area (Å²) in [6.07, 6.45) is 7.92. The molecule has 2 N–H and O–H groups in total. The van der Waals surface area contributed by atoms with Crippen LogP contribution in [-0.2, 0) is 0 Å². The molecule has 0 amide bonds. The Morgan fingerprint density at radius 3 is 2.65 bits per heavy atom. The van der Waals surface area contributed by atoms with Crippen molar-refractivity contribution in [2.45, 2.75) is 65.3 Å². The molecule has 1 aliphatic rings. The van der Waals surface area contributed by atoms with Crippen LogP contribution in [0.5, 0.6) is 0 Å². The van der Waals surface area contributed by atoms with Crippen LogP contribution in [-0.4, -0.2) is 25.1 Å². The van der Waals surface area contributed by atoms with Crippen LogP contribution in [0, 0.1) is 5.92 Å². The lowest BCUT2D eigenvalue weighted by Gasteiger charge is -2.17. The van der Waals surface area contributed by atoms with Crippen LogP contribution >= 0.6 is 0 Å². The molecule has 0 radical (unpaired) electrons. The maximum absolute atomic E-state index is 4.64. The average Bonchev–Trinajstić information content (AvgIpc) is 3.10. The molecule has 0 aromatic rings. The molecule has 3 nitrogen and oxygen atoms in total. The van der Waals surface area contributed by atoms with Crippen molar-refractivity contribution in [1.29, 1.82) is 0 Å². The Morgan fingerprint density at radius 2 is 2.06 bits per heavy atom. The monoisotopic (exact) mass is 239 g/mol. The van der Waals surface area contributed by atoms with Crippen molar-refractivity contribution >= 4 is 5.96 Å². The zero-order valence-electron chi connectivity index (χ0n) is 11.8. The molecule has 0 aromatic carbocycles. The van der Waals surface area contributed by atoms with Crippen LogP contribution in [0.4, 0.5) is 0 Å². The van der Waals surface area contributed by atoms with Crippen LogP contribution in [0.15, 0.2) is 4.99 Å². The fourth-order valence-corrected chi connectivity index (χ4v) is 1.85. The van der Waals surface area contributed by atoms with Crippen LogP contribution in [0.3, 0.4) is 0 Å². The van der Waals surface area contributed by atoms with Gasteiger partial charge in [-0.15, -0.1) is 0 Å². The van der Waals surface area contributed by atoms with E-state index in [1.54, 1.807) is 0 Å². The summed E-state index contributed by atoms with van der Waals surface area (Å²) in [5, 5.41) is 6.82. The van der Waals surface area contributed by atoms with E-state index in [1.807, 2.05) is 0 Å². The summed E-state index contributed by atoms with van der Waals surface area (Å²) in [4.78, 5) is 4.64. The van der Waals surface area contributed by atoms with E-state index in [9.17, 15) is 0 Å². The first kappa shape index (κ1) is 14.3. The minimum Gasteiger partial charge on any atom is -0.357 e. The maximum Gasteiger partial charge on any atom is 0.191 e. The van der Waals surface area contributed by atoms with E-state index in [-0.39, 0.29) is 0 Å². The van der Waals surface area contributed by atoms with Gasteiger partial charge in [0.1, 0.15) is 0 Å². The van der Waals surface area contributed by atoms with Gasteiger partial charge in [-0.05, 0) is 39.0 Å². The third-order valence-corrected chi connectivity index (χ3v) is 3.17. The molecular weight excluding hydrogens is 210 g/mol. The van der Waals surface area contributed by atoms with Crippen LogP contribution in [0.25, 0.3) is 0 Å². The Morgan fingerprint density at radius 1 is 1.29 bits per heavy atom. The molecule has 1 fully saturated rings. The summed E-state index contributed by atoms with van der Waals surface area (Å²) in [5.41, 5.74) is 0. The van der Waals surface area contributed by atoms with Gasteiger partial charge < -0.3 is 10.6 Å². The highest BCUT2D eigenvalue weighted by molar-refractivity contribution is 5.80. The summed E-state index contributed by atoms with van der Waals surface area (Å²) in [6.45, 7) is 8.56. The Kier molecular flexibility index (Phi) is 7.06. The minimum atomic E-state index is 0.526. The smallest absolute Gasteiger partial charge is 0.191 e. The van der Waals surface area contributed by atoms with Gasteiger partial charge in [0.25, 0.3) is 0 Å². The largest absolute Gasteiger partial charge is 0.357 e. The Balaban J connectivity index is 2.23. The van der Waals surface area contributed by atoms with Gasteiger partial charge >= 0.3 is 0 Å². The summed E-state index contributed by atoms with van der Waals surface area (Å²) in [5.74, 6) is 1.87. The molecule has 0 heterocycles. The second-order valence-electron chi connectivity index (χ2n) is 5.20. The van der Waals surface area contributed by atoms with Gasteiger partial charge in [-0.3, -0.25) is 4.99 Å². The Hall–Kier alpha value is -0.730. The van der Waals surface area contributed by atoms with Crippen LogP contribution in [0.1, 0.15) is 59.3 Å². The minimum absolute atomic E-state index is 0.526. The maximum atomic E-state index is 4.64. The van der Waals surface area contributed by atoms with Crippen molar-refractivity contribution in [3.63, 3.8) is 0 Å². The van der Waals surface area contributed by atoms with E-state index >= 15 is 0 Å². The quantitative estimate of drug-likeness (QED) is 0.388. The second kappa shape index (κ2) is 8.37. The lowest BCUT2D eigenvalue weighted by molar-refractivity contribution is 0.546. The van der Waals surface area contributed by atoms with Gasteiger partial charge in [0.2, 0.25) is 0 Å². The number of nitrogens with zero attached hydrogens (tertiary/aromatic N) is 1. The van der Waals surface area contributed by atoms with Gasteiger partial charge in [0, 0.05) is 19.1 Å². The molecular formula is C14H29N3. The van der Waals surface area contributed by atoms with Crippen molar-refractivity contribution < 1.29 is 0 Å². The summed E-state index contributed by atoms with van der Waals surface area (Å²) >= 11 is 0. The molecule has 1 rings (SSSR count). The SMILES string of the molecule is CCCCCC(C)NC(=NCC1CC1)NCC. The van der Waals surface area contributed by atoms with Gasteiger partial charge in [-0.1, -0.05) is 26.2 Å². The number of nitrogens with one attached hydrogen (secondary N) is 2. The topological polar surface area (TPSA) is 36.4 Å². The third-order valence-electron chi connectivity index (χ3n) is 3.17.